The Hall–Kier alpha value is -3.18. The number of aromatic nitrogens is 2. The maximum Gasteiger partial charge on any atom is 0.176 e. The number of fused-ring (bicyclic) bond motifs is 1. The first-order chi connectivity index (χ1) is 14.1. The monoisotopic (exact) mass is 400 g/mol. The number of anilines is 2. The Balaban J connectivity index is 1.40. The summed E-state index contributed by atoms with van der Waals surface area (Å²) in [7, 11) is 0. The molecule has 0 saturated carbocycles. The highest BCUT2D eigenvalue weighted by molar-refractivity contribution is 7.80. The van der Waals surface area contributed by atoms with Crippen molar-refractivity contribution in [1.82, 2.24) is 9.78 Å². The second-order valence-electron chi connectivity index (χ2n) is 7.39. The Morgan fingerprint density at radius 2 is 1.69 bits per heavy atom. The molecule has 0 fully saturated rings. The van der Waals surface area contributed by atoms with Gasteiger partial charge in [0.05, 0.1) is 6.54 Å². The third kappa shape index (κ3) is 4.63. The van der Waals surface area contributed by atoms with Crippen molar-refractivity contribution < 1.29 is 0 Å². The van der Waals surface area contributed by atoms with Crippen molar-refractivity contribution in [2.24, 2.45) is 0 Å². The van der Waals surface area contributed by atoms with Gasteiger partial charge in [0.2, 0.25) is 0 Å². The molecule has 4 rings (SSSR count). The molecule has 2 N–H and O–H groups in total. The highest BCUT2D eigenvalue weighted by Crippen LogP contribution is 2.20. The summed E-state index contributed by atoms with van der Waals surface area (Å²) < 4.78 is 1.92. The van der Waals surface area contributed by atoms with Gasteiger partial charge in [0.25, 0.3) is 0 Å². The van der Waals surface area contributed by atoms with Crippen LogP contribution in [-0.2, 0) is 6.54 Å². The fourth-order valence-corrected chi connectivity index (χ4v) is 3.57. The average Bonchev–Trinajstić information content (AvgIpc) is 3.15. The predicted octanol–water partition coefficient (Wildman–Crippen LogP) is 6.02. The summed E-state index contributed by atoms with van der Waals surface area (Å²) in [4.78, 5) is 0. The Morgan fingerprint density at radius 3 is 2.48 bits per heavy atom. The number of nitrogens with zero attached hydrogens (tertiary/aromatic N) is 2. The Labute approximate surface area is 176 Å². The van der Waals surface area contributed by atoms with Crippen molar-refractivity contribution in [2.75, 3.05) is 10.6 Å². The van der Waals surface area contributed by atoms with Gasteiger partial charge in [0, 0.05) is 18.0 Å². The van der Waals surface area contributed by atoms with E-state index in [-0.39, 0.29) is 0 Å². The lowest BCUT2D eigenvalue weighted by Crippen LogP contribution is -2.19. The second kappa shape index (κ2) is 8.45. The zero-order valence-electron chi connectivity index (χ0n) is 16.6. The van der Waals surface area contributed by atoms with Gasteiger partial charge in [-0.15, -0.1) is 0 Å². The molecule has 1 heterocycles. The quantitative estimate of drug-likeness (QED) is 0.402. The van der Waals surface area contributed by atoms with E-state index in [2.05, 4.69) is 84.2 Å². The van der Waals surface area contributed by atoms with E-state index in [9.17, 15) is 0 Å². The maximum absolute atomic E-state index is 5.43. The first kappa shape index (κ1) is 19.2. The van der Waals surface area contributed by atoms with Crippen LogP contribution in [0.25, 0.3) is 10.8 Å². The molecule has 0 atom stereocenters. The van der Waals surface area contributed by atoms with Gasteiger partial charge in [-0.2, -0.15) is 5.10 Å². The van der Waals surface area contributed by atoms with E-state index in [1.54, 1.807) is 0 Å². The zero-order valence-corrected chi connectivity index (χ0v) is 17.4. The predicted molar refractivity (Wildman–Crippen MR) is 126 cm³/mol. The van der Waals surface area contributed by atoms with Crippen LogP contribution in [0, 0.1) is 0 Å². The van der Waals surface area contributed by atoms with E-state index in [1.165, 1.54) is 21.9 Å². The van der Waals surface area contributed by atoms with Gasteiger partial charge >= 0.3 is 0 Å². The van der Waals surface area contributed by atoms with Crippen molar-refractivity contribution in [3.8, 4) is 0 Å². The number of hydrogen-bond donors (Lipinski definition) is 2. The topological polar surface area (TPSA) is 41.9 Å². The molecule has 4 nitrogen and oxygen atoms in total. The molecular formula is C24H24N4S. The Kier molecular flexibility index (Phi) is 5.58. The van der Waals surface area contributed by atoms with Gasteiger partial charge in [-0.1, -0.05) is 68.4 Å². The van der Waals surface area contributed by atoms with Crippen LogP contribution >= 0.6 is 12.2 Å². The molecule has 0 amide bonds. The highest BCUT2D eigenvalue weighted by atomic mass is 32.1. The van der Waals surface area contributed by atoms with E-state index >= 15 is 0 Å². The maximum atomic E-state index is 5.43. The van der Waals surface area contributed by atoms with Crippen LogP contribution < -0.4 is 10.6 Å². The third-order valence-corrected chi connectivity index (χ3v) is 5.13. The summed E-state index contributed by atoms with van der Waals surface area (Å²) in [5, 5.41) is 14.0. The van der Waals surface area contributed by atoms with Crippen LogP contribution in [0.15, 0.2) is 79.0 Å². The Morgan fingerprint density at radius 1 is 0.931 bits per heavy atom. The van der Waals surface area contributed by atoms with Crippen LogP contribution in [0.3, 0.4) is 0 Å². The number of thiocarbonyl (C=S) groups is 1. The van der Waals surface area contributed by atoms with Gasteiger partial charge in [0.1, 0.15) is 0 Å². The molecule has 0 aliphatic carbocycles. The summed E-state index contributed by atoms with van der Waals surface area (Å²) in [5.41, 5.74) is 3.51. The van der Waals surface area contributed by atoms with Crippen molar-refractivity contribution in [3.63, 3.8) is 0 Å². The summed E-state index contributed by atoms with van der Waals surface area (Å²) in [6.45, 7) is 5.08. The van der Waals surface area contributed by atoms with Gasteiger partial charge in [-0.25, -0.2) is 0 Å². The smallest absolute Gasteiger partial charge is 0.176 e. The van der Waals surface area contributed by atoms with Gasteiger partial charge in [-0.05, 0) is 52.2 Å². The van der Waals surface area contributed by atoms with Crippen molar-refractivity contribution in [2.45, 2.75) is 26.3 Å². The minimum Gasteiger partial charge on any atom is -0.332 e. The van der Waals surface area contributed by atoms with Gasteiger partial charge < -0.3 is 10.6 Å². The number of hydrogen-bond acceptors (Lipinski definition) is 2. The fourth-order valence-electron chi connectivity index (χ4n) is 3.35. The summed E-state index contributed by atoms with van der Waals surface area (Å²) in [6, 6.07) is 25.0. The van der Waals surface area contributed by atoms with Crippen LogP contribution in [0.4, 0.5) is 11.5 Å². The molecule has 0 unspecified atom stereocenters. The molecule has 0 aliphatic heterocycles. The summed E-state index contributed by atoms with van der Waals surface area (Å²) in [5.74, 6) is 1.24. The summed E-state index contributed by atoms with van der Waals surface area (Å²) in [6.07, 6.45) is 1.96. The lowest BCUT2D eigenvalue weighted by Gasteiger charge is -2.10. The molecule has 0 saturated heterocycles. The second-order valence-corrected chi connectivity index (χ2v) is 7.80. The molecule has 0 aliphatic rings. The normalized spacial score (nSPS) is 11.0. The molecule has 5 heteroatoms. The highest BCUT2D eigenvalue weighted by Gasteiger charge is 2.06. The molecule has 0 bridgehead atoms. The van der Waals surface area contributed by atoms with Gasteiger partial charge in [-0.3, -0.25) is 4.68 Å². The molecular weight excluding hydrogens is 376 g/mol. The molecule has 0 spiro atoms. The molecule has 3 aromatic carbocycles. The number of benzene rings is 3. The van der Waals surface area contributed by atoms with Crippen molar-refractivity contribution in [1.29, 1.82) is 0 Å². The lowest BCUT2D eigenvalue weighted by atomic mass is 10.0. The van der Waals surface area contributed by atoms with Crippen LogP contribution in [0.5, 0.6) is 0 Å². The lowest BCUT2D eigenvalue weighted by molar-refractivity contribution is 0.693. The van der Waals surface area contributed by atoms with Crippen LogP contribution in [0.1, 0.15) is 30.9 Å². The number of nitrogens with one attached hydrogen (secondary N) is 2. The van der Waals surface area contributed by atoms with Crippen LogP contribution in [0.2, 0.25) is 0 Å². The fraction of sp³-hybridized carbons (Fsp3) is 0.167. The zero-order chi connectivity index (χ0) is 20.2. The first-order valence-corrected chi connectivity index (χ1v) is 10.2. The van der Waals surface area contributed by atoms with E-state index in [0.717, 1.165) is 11.5 Å². The SMILES string of the molecule is CC(C)c1ccc(NC(=S)Nc2ccn(Cc3cccc4ccccc34)n2)cc1. The molecule has 0 radical (unpaired) electrons. The third-order valence-electron chi connectivity index (χ3n) is 4.93. The minimum atomic E-state index is 0.514. The van der Waals surface area contributed by atoms with E-state index in [1.807, 2.05) is 29.1 Å². The van der Waals surface area contributed by atoms with Crippen molar-refractivity contribution in [3.05, 3.63) is 90.1 Å². The minimum absolute atomic E-state index is 0.514. The summed E-state index contributed by atoms with van der Waals surface area (Å²) >= 11 is 5.43. The van der Waals surface area contributed by atoms with E-state index in [4.69, 9.17) is 12.2 Å². The van der Waals surface area contributed by atoms with Crippen LogP contribution in [-0.4, -0.2) is 14.9 Å². The molecule has 29 heavy (non-hydrogen) atoms. The van der Waals surface area contributed by atoms with Gasteiger partial charge in [0.15, 0.2) is 10.9 Å². The number of rotatable bonds is 5. The molecule has 1 aromatic heterocycles. The van der Waals surface area contributed by atoms with Crippen molar-refractivity contribution >= 4 is 39.6 Å². The molecule has 146 valence electrons. The van der Waals surface area contributed by atoms with E-state index in [0.29, 0.717) is 17.6 Å². The average molecular weight is 401 g/mol. The van der Waals surface area contributed by atoms with E-state index < -0.39 is 0 Å². The Bertz CT molecular complexity index is 1120. The standard InChI is InChI=1S/C24H24N4S/c1-17(2)18-10-12-21(13-11-18)25-24(29)26-23-14-15-28(27-23)16-20-8-5-7-19-6-3-4-9-22(19)20/h3-15,17H,16H2,1-2H3,(H2,25,26,27,29). The first-order valence-electron chi connectivity index (χ1n) is 9.76. The largest absolute Gasteiger partial charge is 0.332 e. The molecule has 4 aromatic rings.